The maximum Gasteiger partial charge on any atom is 0.335 e. The lowest BCUT2D eigenvalue weighted by molar-refractivity contribution is -0.158. The molecule has 7 heteroatoms. The molecule has 1 unspecified atom stereocenters. The third-order valence-electron chi connectivity index (χ3n) is 2.85. The van der Waals surface area contributed by atoms with Crippen LogP contribution in [0.15, 0.2) is 0 Å². The molecule has 0 aromatic rings. The number of carboxylic acid groups (broad SMARTS) is 1. The van der Waals surface area contributed by atoms with Gasteiger partial charge in [0, 0.05) is 26.4 Å². The van der Waals surface area contributed by atoms with Gasteiger partial charge in [-0.2, -0.15) is 0 Å². The molecule has 23 heavy (non-hydrogen) atoms. The Labute approximate surface area is 137 Å². The lowest BCUT2D eigenvalue weighted by Gasteiger charge is -2.09. The first kappa shape index (κ1) is 21.8. The van der Waals surface area contributed by atoms with Crippen LogP contribution < -0.4 is 0 Å². The predicted molar refractivity (Wildman–Crippen MR) is 84.2 cm³/mol. The highest BCUT2D eigenvalue weighted by Gasteiger charge is 2.19. The average molecular weight is 334 g/mol. The summed E-state index contributed by atoms with van der Waals surface area (Å²) in [6.45, 7) is 7.21. The highest BCUT2D eigenvalue weighted by molar-refractivity contribution is 5.80. The summed E-state index contributed by atoms with van der Waals surface area (Å²) < 4.78 is 15.7. The van der Waals surface area contributed by atoms with Crippen LogP contribution in [0.25, 0.3) is 0 Å². The molecule has 0 aliphatic carbocycles. The highest BCUT2D eigenvalue weighted by Crippen LogP contribution is 2.00. The van der Waals surface area contributed by atoms with Crippen molar-refractivity contribution in [2.45, 2.75) is 52.1 Å². The minimum Gasteiger partial charge on any atom is -0.481 e. The number of aliphatic carboxylic acids is 1. The van der Waals surface area contributed by atoms with Gasteiger partial charge in [0.05, 0.1) is 13.0 Å². The Bertz CT molecular complexity index is 318. The number of esters is 1. The Kier molecular flexibility index (Phi) is 13.7. The lowest BCUT2D eigenvalue weighted by atomic mass is 10.2. The van der Waals surface area contributed by atoms with E-state index in [9.17, 15) is 14.7 Å². The summed E-state index contributed by atoms with van der Waals surface area (Å²) in [6.07, 6.45) is 1.06. The molecular weight excluding hydrogens is 304 g/mol. The van der Waals surface area contributed by atoms with Crippen LogP contribution in [0.4, 0.5) is 0 Å². The summed E-state index contributed by atoms with van der Waals surface area (Å²) in [5, 5.41) is 17.6. The molecule has 0 heterocycles. The first-order chi connectivity index (χ1) is 10.9. The van der Waals surface area contributed by atoms with Gasteiger partial charge in [0.1, 0.15) is 0 Å². The van der Waals surface area contributed by atoms with E-state index in [0.717, 1.165) is 32.5 Å². The molecule has 0 aromatic heterocycles. The quantitative estimate of drug-likeness (QED) is 0.346. The van der Waals surface area contributed by atoms with E-state index in [2.05, 4.69) is 13.8 Å². The van der Waals surface area contributed by atoms with E-state index < -0.39 is 24.5 Å². The van der Waals surface area contributed by atoms with Crippen molar-refractivity contribution < 1.29 is 34.0 Å². The number of aliphatic hydroxyl groups excluding tert-OH is 1. The third kappa shape index (κ3) is 15.5. The van der Waals surface area contributed by atoms with Crippen LogP contribution in [0.5, 0.6) is 0 Å². The number of hydrogen-bond donors (Lipinski definition) is 2. The number of unbranched alkanes of at least 4 members (excludes halogenated alkanes) is 2. The third-order valence-corrected chi connectivity index (χ3v) is 2.85. The van der Waals surface area contributed by atoms with Crippen molar-refractivity contribution in [1.82, 2.24) is 0 Å². The summed E-state index contributed by atoms with van der Waals surface area (Å²) in [7, 11) is 0. The molecule has 0 saturated heterocycles. The van der Waals surface area contributed by atoms with E-state index in [1.54, 1.807) is 0 Å². The van der Waals surface area contributed by atoms with Crippen molar-refractivity contribution in [3.8, 4) is 0 Å². The van der Waals surface area contributed by atoms with Crippen LogP contribution in [-0.2, 0) is 23.8 Å². The zero-order valence-electron chi connectivity index (χ0n) is 14.2. The molecule has 0 spiro atoms. The average Bonchev–Trinajstić information content (AvgIpc) is 2.47. The van der Waals surface area contributed by atoms with Gasteiger partial charge < -0.3 is 24.4 Å². The number of carbonyl (C=O) groups excluding carboxylic acids is 1. The smallest absolute Gasteiger partial charge is 0.335 e. The van der Waals surface area contributed by atoms with E-state index in [4.69, 9.17) is 19.3 Å². The highest BCUT2D eigenvalue weighted by atomic mass is 16.5. The molecule has 0 bridgehead atoms. The topological polar surface area (TPSA) is 102 Å². The van der Waals surface area contributed by atoms with E-state index >= 15 is 0 Å². The molecule has 1 atom stereocenters. The summed E-state index contributed by atoms with van der Waals surface area (Å²) in [4.78, 5) is 21.5. The second-order valence-corrected chi connectivity index (χ2v) is 5.78. The molecule has 0 amide bonds. The van der Waals surface area contributed by atoms with Crippen LogP contribution in [0.1, 0.15) is 46.0 Å². The molecule has 7 nitrogen and oxygen atoms in total. The molecule has 0 fully saturated rings. The molecule has 0 saturated carbocycles. The standard InChI is InChI=1S/C16H30O7/c1-13(2)12-22-9-4-3-7-21-8-5-6-10-23-16(20)14(17)11-15(18)19/h13-14,17H,3-12H2,1-2H3,(H,18,19). The zero-order valence-corrected chi connectivity index (χ0v) is 14.2. The maximum absolute atomic E-state index is 11.2. The van der Waals surface area contributed by atoms with E-state index in [1.165, 1.54) is 0 Å². The van der Waals surface area contributed by atoms with Crippen LogP contribution in [0.2, 0.25) is 0 Å². The second kappa shape index (κ2) is 14.4. The van der Waals surface area contributed by atoms with Crippen LogP contribution in [0.3, 0.4) is 0 Å². The van der Waals surface area contributed by atoms with Gasteiger partial charge in [0.2, 0.25) is 0 Å². The Morgan fingerprint density at radius 1 is 0.913 bits per heavy atom. The maximum atomic E-state index is 11.2. The van der Waals surface area contributed by atoms with Crippen molar-refractivity contribution in [1.29, 1.82) is 0 Å². The Hall–Kier alpha value is -1.18. The summed E-state index contributed by atoms with van der Waals surface area (Å²) in [5.41, 5.74) is 0. The summed E-state index contributed by atoms with van der Waals surface area (Å²) >= 11 is 0. The molecule has 0 radical (unpaired) electrons. The van der Waals surface area contributed by atoms with Crippen molar-refractivity contribution >= 4 is 11.9 Å². The van der Waals surface area contributed by atoms with Gasteiger partial charge in [0.15, 0.2) is 6.10 Å². The van der Waals surface area contributed by atoms with Crippen molar-refractivity contribution in [2.24, 2.45) is 5.92 Å². The normalized spacial score (nSPS) is 12.3. The van der Waals surface area contributed by atoms with E-state index in [1.807, 2.05) is 0 Å². The van der Waals surface area contributed by atoms with Gasteiger partial charge in [-0.15, -0.1) is 0 Å². The number of ether oxygens (including phenoxy) is 3. The fraction of sp³-hybridized carbons (Fsp3) is 0.875. The molecule has 2 N–H and O–H groups in total. The lowest BCUT2D eigenvalue weighted by Crippen LogP contribution is -2.26. The van der Waals surface area contributed by atoms with Gasteiger partial charge >= 0.3 is 11.9 Å². The second-order valence-electron chi connectivity index (χ2n) is 5.78. The molecule has 136 valence electrons. The van der Waals surface area contributed by atoms with Gasteiger partial charge in [-0.25, -0.2) is 4.79 Å². The van der Waals surface area contributed by atoms with Crippen molar-refractivity contribution in [3.05, 3.63) is 0 Å². The Morgan fingerprint density at radius 2 is 1.43 bits per heavy atom. The number of carboxylic acids is 1. The van der Waals surface area contributed by atoms with Gasteiger partial charge in [0.25, 0.3) is 0 Å². The number of hydrogen-bond acceptors (Lipinski definition) is 6. The van der Waals surface area contributed by atoms with Crippen LogP contribution >= 0.6 is 0 Å². The van der Waals surface area contributed by atoms with E-state index in [0.29, 0.717) is 25.6 Å². The first-order valence-electron chi connectivity index (χ1n) is 8.15. The van der Waals surface area contributed by atoms with Crippen molar-refractivity contribution in [3.63, 3.8) is 0 Å². The zero-order chi connectivity index (χ0) is 17.5. The number of carbonyl (C=O) groups is 2. The largest absolute Gasteiger partial charge is 0.481 e. The van der Waals surface area contributed by atoms with Gasteiger partial charge in [-0.1, -0.05) is 13.8 Å². The van der Waals surface area contributed by atoms with Gasteiger partial charge in [-0.05, 0) is 31.6 Å². The van der Waals surface area contributed by atoms with Gasteiger partial charge in [-0.3, -0.25) is 4.79 Å². The Balaban J connectivity index is 3.27. The minimum atomic E-state index is -1.60. The fourth-order valence-electron chi connectivity index (χ4n) is 1.65. The monoisotopic (exact) mass is 334 g/mol. The predicted octanol–water partition coefficient (Wildman–Crippen LogP) is 1.61. The molecule has 0 rings (SSSR count). The molecule has 0 aliphatic heterocycles. The number of rotatable bonds is 15. The Morgan fingerprint density at radius 3 is 1.96 bits per heavy atom. The molecular formula is C16H30O7. The first-order valence-corrected chi connectivity index (χ1v) is 8.15. The molecule has 0 aliphatic rings. The summed E-state index contributed by atoms with van der Waals surface area (Å²) in [6, 6.07) is 0. The molecule has 0 aromatic carbocycles. The van der Waals surface area contributed by atoms with Crippen LogP contribution in [-0.4, -0.2) is 61.3 Å². The fourth-order valence-corrected chi connectivity index (χ4v) is 1.65. The number of aliphatic hydroxyl groups is 1. The van der Waals surface area contributed by atoms with Crippen molar-refractivity contribution in [2.75, 3.05) is 33.0 Å². The summed E-state index contributed by atoms with van der Waals surface area (Å²) in [5.74, 6) is -1.57. The minimum absolute atomic E-state index is 0.155. The van der Waals surface area contributed by atoms with E-state index in [-0.39, 0.29) is 6.61 Å². The van der Waals surface area contributed by atoms with Crippen LogP contribution in [0, 0.1) is 5.92 Å². The SMILES string of the molecule is CC(C)COCCCCOCCCCOC(=O)C(O)CC(=O)O.